The van der Waals surface area contributed by atoms with Gasteiger partial charge in [0.2, 0.25) is 0 Å². The fourth-order valence-corrected chi connectivity index (χ4v) is 6.53. The van der Waals surface area contributed by atoms with Crippen LogP contribution >= 0.6 is 0 Å². The van der Waals surface area contributed by atoms with Crippen LogP contribution in [-0.4, -0.2) is 56.9 Å². The highest BCUT2D eigenvalue weighted by molar-refractivity contribution is 5.83. The lowest BCUT2D eigenvalue weighted by Crippen LogP contribution is -2.46. The topological polar surface area (TPSA) is 81.6 Å². The van der Waals surface area contributed by atoms with Crippen molar-refractivity contribution in [3.05, 3.63) is 83.1 Å². The van der Waals surface area contributed by atoms with Crippen LogP contribution in [0.15, 0.2) is 65.8 Å². The first kappa shape index (κ1) is 25.3. The molecule has 3 aliphatic heterocycles. The number of hydrogen-bond donors (Lipinski definition) is 1. The fourth-order valence-electron chi connectivity index (χ4n) is 6.53. The Morgan fingerprint density at radius 1 is 1.07 bits per heavy atom. The summed E-state index contributed by atoms with van der Waals surface area (Å²) < 4.78 is 34.4. The lowest BCUT2D eigenvalue weighted by Gasteiger charge is -2.38. The molecule has 208 valence electrons. The van der Waals surface area contributed by atoms with Gasteiger partial charge >= 0.3 is 0 Å². The van der Waals surface area contributed by atoms with Crippen molar-refractivity contribution in [3.8, 4) is 17.2 Å². The first-order valence-corrected chi connectivity index (χ1v) is 14.2. The van der Waals surface area contributed by atoms with Gasteiger partial charge in [-0.3, -0.25) is 14.3 Å². The number of ether oxygens (including phenoxy) is 3. The zero-order valence-electron chi connectivity index (χ0n) is 22.3. The number of halogens is 1. The van der Waals surface area contributed by atoms with Crippen molar-refractivity contribution >= 4 is 10.8 Å². The summed E-state index contributed by atoms with van der Waals surface area (Å²) in [5.74, 6) is 1.44. The van der Waals surface area contributed by atoms with Crippen LogP contribution in [-0.2, 0) is 11.3 Å². The average molecular weight is 545 g/mol. The molecule has 4 aromatic rings. The molecule has 0 amide bonds. The maximum atomic E-state index is 15.3. The number of aromatic amines is 1. The van der Waals surface area contributed by atoms with Crippen LogP contribution in [0.4, 0.5) is 4.39 Å². The van der Waals surface area contributed by atoms with E-state index in [1.54, 1.807) is 36.7 Å². The van der Waals surface area contributed by atoms with Gasteiger partial charge in [0, 0.05) is 48.7 Å². The minimum atomic E-state index is -0.465. The number of hydrogen-bond acceptors (Lipinski definition) is 6. The molecule has 0 spiro atoms. The Morgan fingerprint density at radius 3 is 2.70 bits per heavy atom. The average Bonchev–Trinajstić information content (AvgIpc) is 3.72. The summed E-state index contributed by atoms with van der Waals surface area (Å²) in [6.07, 6.45) is 11.4. The third kappa shape index (κ3) is 4.99. The van der Waals surface area contributed by atoms with Crippen LogP contribution in [0.2, 0.25) is 0 Å². The normalized spacial score (nSPS) is 24.5. The van der Waals surface area contributed by atoms with Gasteiger partial charge in [0.25, 0.3) is 5.56 Å². The summed E-state index contributed by atoms with van der Waals surface area (Å²) in [7, 11) is 0. The minimum Gasteiger partial charge on any atom is -0.491 e. The summed E-state index contributed by atoms with van der Waals surface area (Å²) in [4.78, 5) is 23.4. The number of imidazole rings is 1. The highest BCUT2D eigenvalue weighted by Gasteiger charge is 2.42. The Bertz CT molecular complexity index is 1530. The molecule has 2 bridgehead atoms. The van der Waals surface area contributed by atoms with Crippen LogP contribution in [0.3, 0.4) is 0 Å². The van der Waals surface area contributed by atoms with E-state index >= 15 is 4.39 Å². The van der Waals surface area contributed by atoms with Crippen molar-refractivity contribution < 1.29 is 18.6 Å². The molecule has 1 unspecified atom stereocenters. The fraction of sp³-hybridized carbons (Fsp3) is 0.419. The molecule has 0 radical (unpaired) electrons. The lowest BCUT2D eigenvalue weighted by atomic mass is 9.99. The van der Waals surface area contributed by atoms with Crippen molar-refractivity contribution in [1.29, 1.82) is 0 Å². The molecule has 4 atom stereocenters. The number of fused-ring (bicyclic) bond motifs is 3. The lowest BCUT2D eigenvalue weighted by molar-refractivity contribution is 0.0412. The Kier molecular flexibility index (Phi) is 6.77. The van der Waals surface area contributed by atoms with Gasteiger partial charge in [-0.2, -0.15) is 0 Å². The largest absolute Gasteiger partial charge is 0.491 e. The zero-order chi connectivity index (χ0) is 27.1. The van der Waals surface area contributed by atoms with Gasteiger partial charge in [-0.25, -0.2) is 9.37 Å². The van der Waals surface area contributed by atoms with E-state index in [9.17, 15) is 4.79 Å². The molecule has 2 aromatic carbocycles. The van der Waals surface area contributed by atoms with Gasteiger partial charge in [-0.1, -0.05) is 0 Å². The van der Waals surface area contributed by atoms with Gasteiger partial charge in [-0.15, -0.1) is 0 Å². The zero-order valence-corrected chi connectivity index (χ0v) is 22.3. The monoisotopic (exact) mass is 544 g/mol. The maximum Gasteiger partial charge on any atom is 0.262 e. The van der Waals surface area contributed by atoms with E-state index in [2.05, 4.69) is 14.9 Å². The summed E-state index contributed by atoms with van der Waals surface area (Å²) in [6, 6.07) is 12.9. The smallest absolute Gasteiger partial charge is 0.262 e. The molecule has 7 rings (SSSR count). The van der Waals surface area contributed by atoms with E-state index in [-0.39, 0.29) is 23.5 Å². The molecule has 8 nitrogen and oxygen atoms in total. The third-order valence-electron chi connectivity index (χ3n) is 8.55. The SMILES string of the molecule is O=c1c2ccc(OC[C@H]3CCCO3)cc2ccn1-c1ccc(OC2C[C@H]3CC[C@@H](C2)N3Cc2ncc[nH]2)c(F)c1. The second kappa shape index (κ2) is 10.7. The van der Waals surface area contributed by atoms with Crippen LogP contribution in [0.25, 0.3) is 16.5 Å². The van der Waals surface area contributed by atoms with Gasteiger partial charge < -0.3 is 19.2 Å². The van der Waals surface area contributed by atoms with Crippen molar-refractivity contribution in [1.82, 2.24) is 19.4 Å². The molecule has 5 heterocycles. The Labute approximate surface area is 231 Å². The van der Waals surface area contributed by atoms with Crippen molar-refractivity contribution in [3.63, 3.8) is 0 Å². The van der Waals surface area contributed by atoms with E-state index in [1.165, 1.54) is 10.6 Å². The van der Waals surface area contributed by atoms with Crippen molar-refractivity contribution in [2.75, 3.05) is 13.2 Å². The summed E-state index contributed by atoms with van der Waals surface area (Å²) >= 11 is 0. The van der Waals surface area contributed by atoms with E-state index in [1.807, 2.05) is 18.3 Å². The number of aromatic nitrogens is 3. The van der Waals surface area contributed by atoms with E-state index < -0.39 is 5.82 Å². The number of benzene rings is 2. The van der Waals surface area contributed by atoms with Crippen molar-refractivity contribution in [2.45, 2.75) is 69.4 Å². The Morgan fingerprint density at radius 2 is 1.95 bits per heavy atom. The van der Waals surface area contributed by atoms with E-state index in [0.717, 1.165) is 62.9 Å². The summed E-state index contributed by atoms with van der Waals surface area (Å²) in [6.45, 7) is 2.09. The van der Waals surface area contributed by atoms with Gasteiger partial charge in [0.15, 0.2) is 11.6 Å². The number of piperidine rings is 1. The molecule has 2 aromatic heterocycles. The quantitative estimate of drug-likeness (QED) is 0.337. The second-order valence-corrected chi connectivity index (χ2v) is 11.1. The second-order valence-electron chi connectivity index (χ2n) is 11.1. The number of H-pyrrole nitrogens is 1. The third-order valence-corrected chi connectivity index (χ3v) is 8.55. The van der Waals surface area contributed by atoms with Crippen LogP contribution in [0, 0.1) is 5.82 Å². The Hall–Kier alpha value is -3.69. The van der Waals surface area contributed by atoms with E-state index in [4.69, 9.17) is 14.2 Å². The molecule has 3 aliphatic rings. The predicted molar refractivity (Wildman–Crippen MR) is 149 cm³/mol. The molecule has 1 N–H and O–H groups in total. The predicted octanol–water partition coefficient (Wildman–Crippen LogP) is 4.99. The van der Waals surface area contributed by atoms with Crippen LogP contribution in [0.1, 0.15) is 44.3 Å². The van der Waals surface area contributed by atoms with Crippen molar-refractivity contribution in [2.24, 2.45) is 0 Å². The first-order chi connectivity index (χ1) is 19.6. The summed E-state index contributed by atoms with van der Waals surface area (Å²) in [5, 5.41) is 1.32. The number of nitrogens with one attached hydrogen (secondary N) is 1. The van der Waals surface area contributed by atoms with Crippen LogP contribution in [0.5, 0.6) is 11.5 Å². The molecule has 3 saturated heterocycles. The maximum absolute atomic E-state index is 15.3. The Balaban J connectivity index is 1.03. The molecule has 40 heavy (non-hydrogen) atoms. The van der Waals surface area contributed by atoms with Gasteiger partial charge in [0.05, 0.1) is 18.3 Å². The highest BCUT2D eigenvalue weighted by atomic mass is 19.1. The number of rotatable bonds is 8. The minimum absolute atomic E-state index is 0.0364. The number of nitrogens with zero attached hydrogens (tertiary/aromatic N) is 3. The molecule has 9 heteroatoms. The molecule has 0 saturated carbocycles. The first-order valence-electron chi connectivity index (χ1n) is 14.2. The standard InChI is InChI=1S/C31H33FN4O4/c32-28-17-23(35-12-9-20-14-24(6-7-27(20)31(35)37)39-19-25-2-1-13-38-25)5-8-29(28)40-26-15-21-3-4-22(16-26)36(21)18-30-33-10-11-34-30/h5-12,14,17,21-22,25-26H,1-4,13,15-16,18-19H2,(H,33,34)/t21-,22+,25-,26?/m1/s1. The van der Waals surface area contributed by atoms with Gasteiger partial charge in [-0.05, 0) is 80.3 Å². The van der Waals surface area contributed by atoms with Crippen LogP contribution < -0.4 is 15.0 Å². The summed E-state index contributed by atoms with van der Waals surface area (Å²) in [5.41, 5.74) is 0.251. The highest BCUT2D eigenvalue weighted by Crippen LogP contribution is 2.38. The number of pyridine rings is 1. The molecule has 0 aliphatic carbocycles. The molecular weight excluding hydrogens is 511 g/mol. The molecule has 3 fully saturated rings. The van der Waals surface area contributed by atoms with E-state index in [0.29, 0.717) is 35.5 Å². The van der Waals surface area contributed by atoms with Gasteiger partial charge in [0.1, 0.15) is 24.3 Å². The molecular formula is C31H33FN4O4.